The van der Waals surface area contributed by atoms with E-state index in [-0.39, 0.29) is 5.75 Å². The number of rotatable bonds is 9. The lowest BCUT2D eigenvalue weighted by atomic mass is 10.0. The number of aryl methyl sites for hydroxylation is 1. The second kappa shape index (κ2) is 10.2. The fraction of sp³-hybridized carbons (Fsp3) is 0.200. The largest absolute Gasteiger partial charge is 0.507 e. The van der Waals surface area contributed by atoms with E-state index in [9.17, 15) is 5.11 Å². The highest BCUT2D eigenvalue weighted by molar-refractivity contribution is 7.99. The number of hydrogen-bond acceptors (Lipinski definition) is 5. The number of aromatic hydroxyl groups is 1. The maximum absolute atomic E-state index is 10.4. The van der Waals surface area contributed by atoms with Crippen molar-refractivity contribution < 1.29 is 5.11 Å². The molecule has 0 atom stereocenters. The minimum absolute atomic E-state index is 0.230. The van der Waals surface area contributed by atoms with E-state index in [2.05, 4.69) is 52.1 Å². The van der Waals surface area contributed by atoms with Gasteiger partial charge < -0.3 is 15.0 Å². The monoisotopic (exact) mass is 430 g/mol. The van der Waals surface area contributed by atoms with Crippen molar-refractivity contribution in [1.82, 2.24) is 14.5 Å². The van der Waals surface area contributed by atoms with Crippen LogP contribution in [0.3, 0.4) is 0 Å². The van der Waals surface area contributed by atoms with E-state index in [0.29, 0.717) is 0 Å². The molecule has 0 amide bonds. The standard InChI is InChI=1S/C25H26N4OS/c1-2-31-21-10-8-19(9-11-21)20-16-23(22-6-3-4-7-24(22)30)28-25(17-20)27-12-5-14-29-15-13-26-18-29/h3-4,6-11,13,15-18,30H,2,5,12,14H2,1H3,(H,27,28). The molecule has 4 aromatic rings. The molecule has 0 fully saturated rings. The number of pyridine rings is 1. The molecular weight excluding hydrogens is 404 g/mol. The molecule has 31 heavy (non-hydrogen) atoms. The topological polar surface area (TPSA) is 63.0 Å². The van der Waals surface area contributed by atoms with Gasteiger partial charge in [-0.3, -0.25) is 0 Å². The van der Waals surface area contributed by atoms with Gasteiger partial charge in [-0.05, 0) is 59.7 Å². The predicted molar refractivity (Wildman–Crippen MR) is 129 cm³/mol. The highest BCUT2D eigenvalue weighted by Gasteiger charge is 2.10. The zero-order valence-corrected chi connectivity index (χ0v) is 18.3. The minimum Gasteiger partial charge on any atom is -0.507 e. The first-order chi connectivity index (χ1) is 15.2. The molecule has 5 nitrogen and oxygen atoms in total. The molecule has 0 spiro atoms. The molecule has 0 aliphatic carbocycles. The number of imidazole rings is 1. The Morgan fingerprint density at radius 2 is 1.87 bits per heavy atom. The summed E-state index contributed by atoms with van der Waals surface area (Å²) in [7, 11) is 0. The van der Waals surface area contributed by atoms with Crippen LogP contribution < -0.4 is 5.32 Å². The van der Waals surface area contributed by atoms with E-state index in [1.54, 1.807) is 12.3 Å². The molecule has 2 aromatic carbocycles. The zero-order chi connectivity index (χ0) is 21.5. The van der Waals surface area contributed by atoms with Gasteiger partial charge in [-0.2, -0.15) is 0 Å². The summed E-state index contributed by atoms with van der Waals surface area (Å²) in [5.74, 6) is 2.08. The Balaban J connectivity index is 1.59. The van der Waals surface area contributed by atoms with E-state index in [1.807, 2.05) is 48.6 Å². The quantitative estimate of drug-likeness (QED) is 0.254. The first kappa shape index (κ1) is 21.0. The number of phenolic OH excluding ortho intramolecular Hbond substituents is 1. The van der Waals surface area contributed by atoms with E-state index >= 15 is 0 Å². The molecule has 158 valence electrons. The van der Waals surface area contributed by atoms with E-state index in [1.165, 1.54) is 4.90 Å². The molecule has 0 unspecified atom stereocenters. The number of benzene rings is 2. The number of hydrogen-bond donors (Lipinski definition) is 2. The number of thioether (sulfide) groups is 1. The van der Waals surface area contributed by atoms with Crippen molar-refractivity contribution in [3.63, 3.8) is 0 Å². The molecule has 4 rings (SSSR count). The highest BCUT2D eigenvalue weighted by Crippen LogP contribution is 2.33. The van der Waals surface area contributed by atoms with Gasteiger partial charge in [0.25, 0.3) is 0 Å². The molecule has 0 saturated heterocycles. The summed E-state index contributed by atoms with van der Waals surface area (Å²) in [4.78, 5) is 10.1. The predicted octanol–water partition coefficient (Wildman–Crippen LogP) is 5.93. The van der Waals surface area contributed by atoms with Gasteiger partial charge in [0, 0.05) is 35.9 Å². The van der Waals surface area contributed by atoms with Gasteiger partial charge in [0.15, 0.2) is 0 Å². The van der Waals surface area contributed by atoms with Crippen LogP contribution in [0.5, 0.6) is 5.75 Å². The number of phenols is 1. The molecular formula is C25H26N4OS. The Bertz CT molecular complexity index is 1110. The highest BCUT2D eigenvalue weighted by atomic mass is 32.2. The summed E-state index contributed by atoms with van der Waals surface area (Å²) >= 11 is 1.83. The average Bonchev–Trinajstić information content (AvgIpc) is 3.31. The molecule has 2 heterocycles. The van der Waals surface area contributed by atoms with Crippen molar-refractivity contribution in [2.75, 3.05) is 17.6 Å². The number of nitrogens with one attached hydrogen (secondary N) is 1. The van der Waals surface area contributed by atoms with Crippen LogP contribution in [0.4, 0.5) is 5.82 Å². The van der Waals surface area contributed by atoms with Crippen molar-refractivity contribution in [3.8, 4) is 28.1 Å². The summed E-state index contributed by atoms with van der Waals surface area (Å²) in [5.41, 5.74) is 3.67. The maximum Gasteiger partial charge on any atom is 0.127 e. The summed E-state index contributed by atoms with van der Waals surface area (Å²) in [6, 6.07) is 20.0. The average molecular weight is 431 g/mol. The third-order valence-corrected chi connectivity index (χ3v) is 5.86. The molecule has 2 N–H and O–H groups in total. The lowest BCUT2D eigenvalue weighted by Crippen LogP contribution is -2.07. The zero-order valence-electron chi connectivity index (χ0n) is 17.5. The minimum atomic E-state index is 0.230. The lowest BCUT2D eigenvalue weighted by Gasteiger charge is -2.13. The van der Waals surface area contributed by atoms with Gasteiger partial charge in [-0.15, -0.1) is 11.8 Å². The van der Waals surface area contributed by atoms with Gasteiger partial charge in [0.2, 0.25) is 0 Å². The van der Waals surface area contributed by atoms with Crippen LogP contribution in [-0.2, 0) is 6.54 Å². The summed E-state index contributed by atoms with van der Waals surface area (Å²) in [6.07, 6.45) is 6.55. The van der Waals surface area contributed by atoms with Crippen LogP contribution >= 0.6 is 11.8 Å². The molecule has 0 radical (unpaired) electrons. The fourth-order valence-electron chi connectivity index (χ4n) is 3.42. The summed E-state index contributed by atoms with van der Waals surface area (Å²) < 4.78 is 2.06. The molecule has 6 heteroatoms. The van der Waals surface area contributed by atoms with E-state index in [0.717, 1.165) is 53.5 Å². The molecule has 2 aromatic heterocycles. The lowest BCUT2D eigenvalue weighted by molar-refractivity contribution is 0.477. The Morgan fingerprint density at radius 3 is 2.61 bits per heavy atom. The van der Waals surface area contributed by atoms with Crippen LogP contribution in [0.25, 0.3) is 22.4 Å². The Kier molecular flexibility index (Phi) is 6.89. The normalized spacial score (nSPS) is 10.9. The smallest absolute Gasteiger partial charge is 0.127 e. The van der Waals surface area contributed by atoms with Crippen molar-refractivity contribution >= 4 is 17.6 Å². The SMILES string of the molecule is CCSc1ccc(-c2cc(NCCCn3ccnc3)nc(-c3ccccc3O)c2)cc1. The summed E-state index contributed by atoms with van der Waals surface area (Å²) in [6.45, 7) is 3.85. The number of nitrogens with zero attached hydrogens (tertiary/aromatic N) is 3. The van der Waals surface area contributed by atoms with E-state index < -0.39 is 0 Å². The van der Waals surface area contributed by atoms with Crippen LogP contribution in [0, 0.1) is 0 Å². The molecule has 0 saturated carbocycles. The number of para-hydroxylation sites is 1. The van der Waals surface area contributed by atoms with Crippen LogP contribution in [0.2, 0.25) is 0 Å². The number of aromatic nitrogens is 3. The third-order valence-electron chi connectivity index (χ3n) is 4.96. The number of anilines is 1. The van der Waals surface area contributed by atoms with Crippen LogP contribution in [-0.4, -0.2) is 31.9 Å². The van der Waals surface area contributed by atoms with Crippen molar-refractivity contribution in [1.29, 1.82) is 0 Å². The maximum atomic E-state index is 10.4. The first-order valence-corrected chi connectivity index (χ1v) is 11.4. The van der Waals surface area contributed by atoms with Crippen molar-refractivity contribution in [3.05, 3.63) is 79.4 Å². The Labute approximate surface area is 187 Å². The molecule has 0 bridgehead atoms. The van der Waals surface area contributed by atoms with Crippen LogP contribution in [0.15, 0.2) is 84.3 Å². The summed E-state index contributed by atoms with van der Waals surface area (Å²) in [5, 5.41) is 13.8. The first-order valence-electron chi connectivity index (χ1n) is 10.5. The van der Waals surface area contributed by atoms with E-state index in [4.69, 9.17) is 4.98 Å². The van der Waals surface area contributed by atoms with Gasteiger partial charge in [0.05, 0.1) is 12.0 Å². The Hall–Kier alpha value is -3.25. The van der Waals surface area contributed by atoms with Crippen molar-refractivity contribution in [2.45, 2.75) is 24.8 Å². The molecule has 0 aliphatic heterocycles. The fourth-order valence-corrected chi connectivity index (χ4v) is 4.09. The Morgan fingerprint density at radius 1 is 1.03 bits per heavy atom. The molecule has 0 aliphatic rings. The van der Waals surface area contributed by atoms with Gasteiger partial charge in [-0.1, -0.05) is 31.2 Å². The van der Waals surface area contributed by atoms with Gasteiger partial charge in [-0.25, -0.2) is 9.97 Å². The van der Waals surface area contributed by atoms with Gasteiger partial charge >= 0.3 is 0 Å². The second-order valence-electron chi connectivity index (χ2n) is 7.18. The van der Waals surface area contributed by atoms with Crippen molar-refractivity contribution in [2.24, 2.45) is 0 Å². The third kappa shape index (κ3) is 5.47. The van der Waals surface area contributed by atoms with Crippen LogP contribution in [0.1, 0.15) is 13.3 Å². The van der Waals surface area contributed by atoms with Gasteiger partial charge in [0.1, 0.15) is 11.6 Å². The second-order valence-corrected chi connectivity index (χ2v) is 8.52.